The van der Waals surface area contributed by atoms with Gasteiger partial charge in [0.15, 0.2) is 5.75 Å². The van der Waals surface area contributed by atoms with Gasteiger partial charge in [0.1, 0.15) is 11.5 Å². The molecule has 0 fully saturated rings. The fraction of sp³-hybridized carbons (Fsp3) is 0.150. The number of phenolic OH excluding ortho intramolecular Hbond substituents is 1. The number of rotatable bonds is 8. The van der Waals surface area contributed by atoms with Gasteiger partial charge in [-0.1, -0.05) is 30.3 Å². The highest BCUT2D eigenvalue weighted by molar-refractivity contribution is 7.88. The molecule has 0 aliphatic heterocycles. The molecule has 0 spiro atoms. The normalized spacial score (nSPS) is 12.3. The van der Waals surface area contributed by atoms with Crippen LogP contribution in [-0.2, 0) is 10.0 Å². The van der Waals surface area contributed by atoms with Crippen LogP contribution in [0.4, 0.5) is 5.69 Å². The van der Waals surface area contributed by atoms with Gasteiger partial charge in [0.25, 0.3) is 0 Å². The highest BCUT2D eigenvalue weighted by Crippen LogP contribution is 2.34. The first-order valence-corrected chi connectivity index (χ1v) is 10.5. The van der Waals surface area contributed by atoms with Gasteiger partial charge in [-0.05, 0) is 29.8 Å². The molecule has 1 atom stereocenters. The molecule has 0 radical (unpaired) electrons. The van der Waals surface area contributed by atoms with E-state index < -0.39 is 10.0 Å². The van der Waals surface area contributed by atoms with E-state index in [1.54, 1.807) is 30.6 Å². The Hall–Kier alpha value is -3.10. The van der Waals surface area contributed by atoms with Gasteiger partial charge in [0, 0.05) is 18.8 Å². The molecule has 0 aliphatic carbocycles. The number of nitrogens with zero attached hydrogens (tertiary/aromatic N) is 1. The zero-order valence-corrected chi connectivity index (χ0v) is 16.1. The number of ether oxygens (including phenoxy) is 1. The van der Waals surface area contributed by atoms with Gasteiger partial charge in [-0.2, -0.15) is 0 Å². The van der Waals surface area contributed by atoms with E-state index in [2.05, 4.69) is 15.0 Å². The van der Waals surface area contributed by atoms with Gasteiger partial charge in [0.2, 0.25) is 10.0 Å². The summed E-state index contributed by atoms with van der Waals surface area (Å²) in [5.41, 5.74) is 1.50. The minimum atomic E-state index is -3.35. The number of aromatic hydroxyl groups is 1. The van der Waals surface area contributed by atoms with Crippen molar-refractivity contribution in [2.24, 2.45) is 0 Å². The first kappa shape index (κ1) is 19.7. The van der Waals surface area contributed by atoms with Crippen LogP contribution in [0.1, 0.15) is 11.6 Å². The Labute approximate surface area is 164 Å². The SMILES string of the molecule is CS(=O)(=O)NCC(Nc1ccc(O)cc1Oc1cccnc1)c1ccccc1. The van der Waals surface area contributed by atoms with Crippen LogP contribution in [-0.4, -0.2) is 31.3 Å². The molecule has 28 heavy (non-hydrogen) atoms. The molecule has 146 valence electrons. The number of phenols is 1. The molecule has 1 aromatic heterocycles. The third kappa shape index (κ3) is 5.70. The van der Waals surface area contributed by atoms with Crippen molar-refractivity contribution in [2.45, 2.75) is 6.04 Å². The number of hydrogen-bond donors (Lipinski definition) is 3. The summed E-state index contributed by atoms with van der Waals surface area (Å²) in [5.74, 6) is 0.963. The van der Waals surface area contributed by atoms with Crippen LogP contribution in [0.25, 0.3) is 0 Å². The first-order valence-electron chi connectivity index (χ1n) is 8.58. The Balaban J connectivity index is 1.89. The lowest BCUT2D eigenvalue weighted by molar-refractivity contribution is 0.455. The minimum Gasteiger partial charge on any atom is -0.508 e. The maximum absolute atomic E-state index is 11.6. The lowest BCUT2D eigenvalue weighted by Crippen LogP contribution is -2.30. The fourth-order valence-corrected chi connectivity index (χ4v) is 3.08. The van der Waals surface area contributed by atoms with E-state index >= 15 is 0 Å². The van der Waals surface area contributed by atoms with Crippen LogP contribution in [0.5, 0.6) is 17.2 Å². The smallest absolute Gasteiger partial charge is 0.208 e. The molecule has 8 heteroatoms. The van der Waals surface area contributed by atoms with Crippen molar-refractivity contribution in [1.29, 1.82) is 0 Å². The molecule has 3 aromatic rings. The molecule has 0 saturated heterocycles. The molecule has 0 amide bonds. The summed E-state index contributed by atoms with van der Waals surface area (Å²) in [6, 6.07) is 17.3. The minimum absolute atomic E-state index is 0.0509. The van der Waals surface area contributed by atoms with Crippen LogP contribution < -0.4 is 14.8 Å². The standard InChI is InChI=1S/C20H21N3O4S/c1-28(25,26)22-14-19(15-6-3-2-4-7-15)23-18-10-9-16(24)12-20(18)27-17-8-5-11-21-13-17/h2-13,19,22-24H,14H2,1H3. The third-order valence-electron chi connectivity index (χ3n) is 3.91. The van der Waals surface area contributed by atoms with Gasteiger partial charge in [0.05, 0.1) is 24.2 Å². The molecular weight excluding hydrogens is 378 g/mol. The van der Waals surface area contributed by atoms with Crippen molar-refractivity contribution >= 4 is 15.7 Å². The number of pyridine rings is 1. The molecule has 0 saturated carbocycles. The Kier molecular flexibility index (Phi) is 6.13. The molecule has 1 unspecified atom stereocenters. The van der Waals surface area contributed by atoms with Crippen molar-refractivity contribution in [3.8, 4) is 17.2 Å². The molecule has 2 aromatic carbocycles. The summed E-state index contributed by atoms with van der Waals surface area (Å²) in [6.07, 6.45) is 4.32. The topological polar surface area (TPSA) is 101 Å². The Morgan fingerprint density at radius 2 is 1.89 bits per heavy atom. The molecule has 1 heterocycles. The monoisotopic (exact) mass is 399 g/mol. The number of anilines is 1. The highest BCUT2D eigenvalue weighted by atomic mass is 32.2. The van der Waals surface area contributed by atoms with Gasteiger partial charge in [-0.15, -0.1) is 0 Å². The number of benzene rings is 2. The lowest BCUT2D eigenvalue weighted by atomic mass is 10.1. The predicted molar refractivity (Wildman–Crippen MR) is 108 cm³/mol. The van der Waals surface area contributed by atoms with Crippen LogP contribution in [0.15, 0.2) is 73.1 Å². The van der Waals surface area contributed by atoms with Gasteiger partial charge in [-0.25, -0.2) is 13.1 Å². The van der Waals surface area contributed by atoms with E-state index in [1.165, 1.54) is 12.1 Å². The molecule has 3 N–H and O–H groups in total. The second-order valence-corrected chi connectivity index (χ2v) is 8.03. The van der Waals surface area contributed by atoms with Gasteiger partial charge >= 0.3 is 0 Å². The second kappa shape index (κ2) is 8.73. The maximum Gasteiger partial charge on any atom is 0.208 e. The zero-order chi connectivity index (χ0) is 20.0. The highest BCUT2D eigenvalue weighted by Gasteiger charge is 2.16. The summed E-state index contributed by atoms with van der Waals surface area (Å²) in [6.45, 7) is 0.149. The predicted octanol–water partition coefficient (Wildman–Crippen LogP) is 3.28. The Morgan fingerprint density at radius 3 is 2.57 bits per heavy atom. The van der Waals surface area contributed by atoms with E-state index in [4.69, 9.17) is 4.74 Å². The summed E-state index contributed by atoms with van der Waals surface area (Å²) in [7, 11) is -3.35. The number of sulfonamides is 1. The van der Waals surface area contributed by atoms with Crippen LogP contribution >= 0.6 is 0 Å². The molecule has 3 rings (SSSR count). The Bertz CT molecular complexity index is 1010. The van der Waals surface area contributed by atoms with E-state index in [9.17, 15) is 13.5 Å². The first-order chi connectivity index (χ1) is 13.4. The van der Waals surface area contributed by atoms with Crippen LogP contribution in [0.3, 0.4) is 0 Å². The quantitative estimate of drug-likeness (QED) is 0.503. The van der Waals surface area contributed by atoms with Crippen LogP contribution in [0, 0.1) is 0 Å². The fourth-order valence-electron chi connectivity index (χ4n) is 2.61. The molecular formula is C20H21N3O4S. The van der Waals surface area contributed by atoms with E-state index in [0.29, 0.717) is 17.2 Å². The average molecular weight is 399 g/mol. The van der Waals surface area contributed by atoms with E-state index in [-0.39, 0.29) is 18.3 Å². The maximum atomic E-state index is 11.6. The van der Waals surface area contributed by atoms with Crippen molar-refractivity contribution < 1.29 is 18.3 Å². The molecule has 0 aliphatic rings. The zero-order valence-electron chi connectivity index (χ0n) is 15.2. The lowest BCUT2D eigenvalue weighted by Gasteiger charge is -2.22. The molecule has 7 nitrogen and oxygen atoms in total. The second-order valence-electron chi connectivity index (χ2n) is 6.20. The summed E-state index contributed by atoms with van der Waals surface area (Å²) >= 11 is 0. The summed E-state index contributed by atoms with van der Waals surface area (Å²) in [5, 5.41) is 13.2. The van der Waals surface area contributed by atoms with E-state index in [1.807, 2.05) is 30.3 Å². The average Bonchev–Trinajstić information content (AvgIpc) is 2.67. The Morgan fingerprint density at radius 1 is 1.11 bits per heavy atom. The van der Waals surface area contributed by atoms with E-state index in [0.717, 1.165) is 11.8 Å². The summed E-state index contributed by atoms with van der Waals surface area (Å²) in [4.78, 5) is 4.01. The van der Waals surface area contributed by atoms with Crippen molar-refractivity contribution in [3.05, 3.63) is 78.6 Å². The number of nitrogens with one attached hydrogen (secondary N) is 2. The van der Waals surface area contributed by atoms with Crippen LogP contribution in [0.2, 0.25) is 0 Å². The van der Waals surface area contributed by atoms with Crippen molar-refractivity contribution in [3.63, 3.8) is 0 Å². The molecule has 0 bridgehead atoms. The third-order valence-corrected chi connectivity index (χ3v) is 4.60. The van der Waals surface area contributed by atoms with Crippen molar-refractivity contribution in [1.82, 2.24) is 9.71 Å². The number of aromatic nitrogens is 1. The van der Waals surface area contributed by atoms with Crippen molar-refractivity contribution in [2.75, 3.05) is 18.1 Å². The van der Waals surface area contributed by atoms with Gasteiger partial charge in [-0.3, -0.25) is 4.98 Å². The number of hydrogen-bond acceptors (Lipinski definition) is 6. The van der Waals surface area contributed by atoms with Gasteiger partial charge < -0.3 is 15.2 Å². The largest absolute Gasteiger partial charge is 0.508 e. The summed E-state index contributed by atoms with van der Waals surface area (Å²) < 4.78 is 31.5.